The van der Waals surface area contributed by atoms with Gasteiger partial charge in [0.2, 0.25) is 0 Å². The predicted molar refractivity (Wildman–Crippen MR) is 192 cm³/mol. The molecule has 0 saturated carbocycles. The Bertz CT molecular complexity index is 1290. The summed E-state index contributed by atoms with van der Waals surface area (Å²) in [6, 6.07) is 19.3. The van der Waals surface area contributed by atoms with E-state index in [1.807, 2.05) is 42.6 Å². The van der Waals surface area contributed by atoms with Gasteiger partial charge in [-0.1, -0.05) is 114 Å². The van der Waals surface area contributed by atoms with Crippen LogP contribution in [0.5, 0.6) is 5.75 Å². The summed E-state index contributed by atoms with van der Waals surface area (Å²) in [4.78, 5) is 17.1. The van der Waals surface area contributed by atoms with E-state index in [1.54, 1.807) is 12.1 Å². The second kappa shape index (κ2) is 23.1. The molecule has 0 aliphatic carbocycles. The Kier molecular flexibility index (Phi) is 18.9. The van der Waals surface area contributed by atoms with Gasteiger partial charge in [-0.05, 0) is 68.5 Å². The van der Waals surface area contributed by atoms with Crippen molar-refractivity contribution in [3.8, 4) is 28.1 Å². The van der Waals surface area contributed by atoms with Crippen LogP contribution in [0.4, 0.5) is 13.2 Å². The Labute approximate surface area is 292 Å². The van der Waals surface area contributed by atoms with E-state index < -0.39 is 18.2 Å². The molecule has 0 bridgehead atoms. The van der Waals surface area contributed by atoms with E-state index >= 15 is 0 Å². The summed E-state index contributed by atoms with van der Waals surface area (Å²) >= 11 is 0. The molecule has 0 fully saturated rings. The summed E-state index contributed by atoms with van der Waals surface area (Å²) in [6.07, 6.45) is 14.4. The number of ether oxygens (including phenoxy) is 3. The summed E-state index contributed by atoms with van der Waals surface area (Å²) in [5.41, 5.74) is 4.24. The number of pyridine rings is 1. The maximum atomic E-state index is 12.4. The number of nitrogens with zero attached hydrogens (tertiary/aromatic N) is 1. The summed E-state index contributed by atoms with van der Waals surface area (Å²) in [5, 5.41) is 0. The van der Waals surface area contributed by atoms with E-state index in [-0.39, 0.29) is 13.2 Å². The Morgan fingerprint density at radius 2 is 1.14 bits per heavy atom. The smallest absolute Gasteiger partial charge is 0.414 e. The molecular formula is C41H56F3NO4. The van der Waals surface area contributed by atoms with E-state index in [9.17, 15) is 18.0 Å². The van der Waals surface area contributed by atoms with E-state index in [4.69, 9.17) is 14.2 Å². The number of halogens is 3. The van der Waals surface area contributed by atoms with Crippen molar-refractivity contribution in [1.29, 1.82) is 0 Å². The molecule has 1 aromatic heterocycles. The van der Waals surface area contributed by atoms with Crippen LogP contribution in [-0.2, 0) is 9.47 Å². The van der Waals surface area contributed by atoms with Crippen LogP contribution in [0, 0.1) is 0 Å². The molecule has 3 rings (SSSR count). The number of benzene rings is 2. The SMILES string of the molecule is CCCCCCCCCCCCCCOc1ccc(-c2ccc(-c3ccc(C(=O)OCCCCCCOC(C)C(F)(F)F)cc3)nc2)cc1. The Balaban J connectivity index is 1.28. The summed E-state index contributed by atoms with van der Waals surface area (Å²) < 4.78 is 53.5. The largest absolute Gasteiger partial charge is 0.494 e. The zero-order valence-corrected chi connectivity index (χ0v) is 29.6. The van der Waals surface area contributed by atoms with Gasteiger partial charge in [0.1, 0.15) is 5.75 Å². The fourth-order valence-corrected chi connectivity index (χ4v) is 5.55. The minimum Gasteiger partial charge on any atom is -0.494 e. The molecule has 0 amide bonds. The van der Waals surface area contributed by atoms with Gasteiger partial charge in [0.25, 0.3) is 0 Å². The molecule has 0 aliphatic heterocycles. The van der Waals surface area contributed by atoms with Crippen LogP contribution < -0.4 is 4.74 Å². The van der Waals surface area contributed by atoms with Crippen molar-refractivity contribution >= 4 is 5.97 Å². The second-order valence-electron chi connectivity index (χ2n) is 12.9. The van der Waals surface area contributed by atoms with Crippen molar-refractivity contribution in [2.24, 2.45) is 0 Å². The number of carbonyl (C=O) groups is 1. The molecule has 5 nitrogen and oxygen atoms in total. The van der Waals surface area contributed by atoms with E-state index in [1.165, 1.54) is 70.6 Å². The summed E-state index contributed by atoms with van der Waals surface area (Å²) in [5.74, 6) is 0.483. The van der Waals surface area contributed by atoms with Gasteiger partial charge in [0.05, 0.1) is 24.5 Å². The van der Waals surface area contributed by atoms with Gasteiger partial charge in [-0.3, -0.25) is 4.98 Å². The van der Waals surface area contributed by atoms with Gasteiger partial charge in [-0.2, -0.15) is 13.2 Å². The molecule has 2 aromatic carbocycles. The first-order valence-electron chi connectivity index (χ1n) is 18.4. The number of hydrogen-bond acceptors (Lipinski definition) is 5. The molecule has 0 saturated heterocycles. The Morgan fingerprint density at radius 1 is 0.633 bits per heavy atom. The number of rotatable bonds is 25. The standard InChI is InChI=1S/C41H56F3NO4/c1-3-4-5-6-7-8-9-10-11-12-13-17-30-48-38-26-23-34(24-27-38)37-25-28-39(45-32-37)35-19-21-36(22-20-35)40(46)49-31-18-15-14-16-29-47-33(2)41(42,43)44/h19-28,32-33H,3-18,29-31H2,1-2H3. The first-order valence-corrected chi connectivity index (χ1v) is 18.4. The van der Waals surface area contributed by atoms with Crippen molar-refractivity contribution < 1.29 is 32.2 Å². The first-order chi connectivity index (χ1) is 23.8. The molecule has 8 heteroatoms. The molecule has 0 spiro atoms. The number of aromatic nitrogens is 1. The predicted octanol–water partition coefficient (Wildman–Crippen LogP) is 12.2. The third-order valence-corrected chi connectivity index (χ3v) is 8.73. The zero-order chi connectivity index (χ0) is 35.2. The molecule has 0 aliphatic rings. The second-order valence-corrected chi connectivity index (χ2v) is 12.9. The van der Waals surface area contributed by atoms with Crippen molar-refractivity contribution in [2.75, 3.05) is 19.8 Å². The molecule has 0 N–H and O–H groups in total. The van der Waals surface area contributed by atoms with Gasteiger partial charge in [0.15, 0.2) is 6.10 Å². The topological polar surface area (TPSA) is 57.7 Å². The highest BCUT2D eigenvalue weighted by molar-refractivity contribution is 5.90. The highest BCUT2D eigenvalue weighted by Gasteiger charge is 2.36. The minimum absolute atomic E-state index is 0.0620. The lowest BCUT2D eigenvalue weighted by atomic mass is 10.0. The molecule has 270 valence electrons. The molecule has 1 heterocycles. The number of carbonyl (C=O) groups excluding carboxylic acids is 1. The van der Waals surface area contributed by atoms with Crippen molar-refractivity contribution in [2.45, 2.75) is 129 Å². The van der Waals surface area contributed by atoms with Crippen LogP contribution >= 0.6 is 0 Å². The summed E-state index contributed by atoms with van der Waals surface area (Å²) in [6.45, 7) is 4.35. The van der Waals surface area contributed by atoms with Crippen LogP contribution in [-0.4, -0.2) is 43.1 Å². The van der Waals surface area contributed by atoms with Crippen LogP contribution in [0.1, 0.15) is 127 Å². The quantitative estimate of drug-likeness (QED) is 0.0657. The third-order valence-electron chi connectivity index (χ3n) is 8.73. The van der Waals surface area contributed by atoms with E-state index in [0.29, 0.717) is 24.8 Å². The minimum atomic E-state index is -4.33. The van der Waals surface area contributed by atoms with Crippen LogP contribution in [0.25, 0.3) is 22.4 Å². The number of esters is 1. The number of alkyl halides is 3. The average Bonchev–Trinajstić information content (AvgIpc) is 3.11. The highest BCUT2D eigenvalue weighted by atomic mass is 19.4. The molecule has 1 atom stereocenters. The van der Waals surface area contributed by atoms with Crippen molar-refractivity contribution in [3.05, 3.63) is 72.4 Å². The molecule has 1 unspecified atom stereocenters. The van der Waals surface area contributed by atoms with Gasteiger partial charge in [-0.25, -0.2) is 4.79 Å². The van der Waals surface area contributed by atoms with Crippen molar-refractivity contribution in [1.82, 2.24) is 4.98 Å². The maximum Gasteiger partial charge on any atom is 0.414 e. The summed E-state index contributed by atoms with van der Waals surface area (Å²) in [7, 11) is 0. The van der Waals surface area contributed by atoms with E-state index in [2.05, 4.69) is 24.0 Å². The third kappa shape index (κ3) is 16.2. The number of hydrogen-bond donors (Lipinski definition) is 0. The van der Waals surface area contributed by atoms with Gasteiger partial charge < -0.3 is 14.2 Å². The molecular weight excluding hydrogens is 627 g/mol. The monoisotopic (exact) mass is 683 g/mol. The molecule has 49 heavy (non-hydrogen) atoms. The van der Waals surface area contributed by atoms with Crippen LogP contribution in [0.2, 0.25) is 0 Å². The maximum absolute atomic E-state index is 12.4. The fraction of sp³-hybridized carbons (Fsp3) is 0.561. The average molecular weight is 684 g/mol. The van der Waals surface area contributed by atoms with Crippen LogP contribution in [0.3, 0.4) is 0 Å². The van der Waals surface area contributed by atoms with Gasteiger partial charge in [0, 0.05) is 23.9 Å². The lowest BCUT2D eigenvalue weighted by Crippen LogP contribution is -2.28. The zero-order valence-electron chi connectivity index (χ0n) is 29.6. The Morgan fingerprint density at radius 3 is 1.69 bits per heavy atom. The Hall–Kier alpha value is -3.39. The first kappa shape index (κ1) is 40.0. The lowest BCUT2D eigenvalue weighted by Gasteiger charge is -2.16. The molecule has 3 aromatic rings. The van der Waals surface area contributed by atoms with Crippen molar-refractivity contribution in [3.63, 3.8) is 0 Å². The van der Waals surface area contributed by atoms with E-state index in [0.717, 1.165) is 54.5 Å². The van der Waals surface area contributed by atoms with Gasteiger partial charge in [-0.15, -0.1) is 0 Å². The lowest BCUT2D eigenvalue weighted by molar-refractivity contribution is -0.214. The normalized spacial score (nSPS) is 12.2. The van der Waals surface area contributed by atoms with Crippen LogP contribution in [0.15, 0.2) is 66.9 Å². The molecule has 0 radical (unpaired) electrons. The number of unbranched alkanes of at least 4 members (excludes halogenated alkanes) is 14. The van der Waals surface area contributed by atoms with Gasteiger partial charge >= 0.3 is 12.1 Å². The fourth-order valence-electron chi connectivity index (χ4n) is 5.55. The highest BCUT2D eigenvalue weighted by Crippen LogP contribution is 2.26.